The van der Waals surface area contributed by atoms with E-state index in [1.807, 2.05) is 0 Å². The third-order valence-electron chi connectivity index (χ3n) is 3.99. The van der Waals surface area contributed by atoms with Gasteiger partial charge in [0.25, 0.3) is 5.91 Å². The van der Waals surface area contributed by atoms with Gasteiger partial charge in [0.15, 0.2) is 0 Å². The summed E-state index contributed by atoms with van der Waals surface area (Å²) in [4.78, 5) is 12.2. The fourth-order valence-corrected chi connectivity index (χ4v) is 2.74. The number of nitrogens with one attached hydrogen (secondary N) is 1. The molecule has 5 nitrogen and oxygen atoms in total. The third-order valence-corrected chi connectivity index (χ3v) is 3.99. The van der Waals surface area contributed by atoms with Gasteiger partial charge in [0, 0.05) is 6.20 Å². The van der Waals surface area contributed by atoms with E-state index in [4.69, 9.17) is 0 Å². The summed E-state index contributed by atoms with van der Waals surface area (Å²) in [5.74, 6) is -0.700. The van der Waals surface area contributed by atoms with Crippen molar-refractivity contribution in [1.29, 1.82) is 0 Å². The highest BCUT2D eigenvalue weighted by Gasteiger charge is 2.25. The smallest absolute Gasteiger partial charge is 0.254 e. The highest BCUT2D eigenvalue weighted by Crippen LogP contribution is 2.19. The zero-order chi connectivity index (χ0) is 15.5. The van der Waals surface area contributed by atoms with Crippen LogP contribution in [0.3, 0.4) is 0 Å². The van der Waals surface area contributed by atoms with Gasteiger partial charge < -0.3 is 10.4 Å². The number of benzene rings is 1. The minimum absolute atomic E-state index is 0.224. The van der Waals surface area contributed by atoms with Gasteiger partial charge in [0.1, 0.15) is 11.5 Å². The minimum atomic E-state index is -0.501. The van der Waals surface area contributed by atoms with E-state index in [9.17, 15) is 14.3 Å². The van der Waals surface area contributed by atoms with Crippen molar-refractivity contribution < 1.29 is 14.3 Å². The zero-order valence-corrected chi connectivity index (χ0v) is 12.1. The Bertz CT molecular complexity index is 671. The molecular weight excluding hydrogens is 285 g/mol. The summed E-state index contributed by atoms with van der Waals surface area (Å²) in [5.41, 5.74) is 0.639. The van der Waals surface area contributed by atoms with E-state index in [0.29, 0.717) is 17.7 Å². The van der Waals surface area contributed by atoms with Gasteiger partial charge in [0.2, 0.25) is 0 Å². The summed E-state index contributed by atoms with van der Waals surface area (Å²) in [7, 11) is 0. The van der Waals surface area contributed by atoms with E-state index in [-0.39, 0.29) is 11.9 Å². The minimum Gasteiger partial charge on any atom is -0.391 e. The van der Waals surface area contributed by atoms with Gasteiger partial charge in [-0.15, -0.1) is 0 Å². The predicted molar refractivity (Wildman–Crippen MR) is 79.3 cm³/mol. The van der Waals surface area contributed by atoms with Crippen LogP contribution in [0.1, 0.15) is 36.0 Å². The molecule has 2 N–H and O–H groups in total. The van der Waals surface area contributed by atoms with Crippen molar-refractivity contribution in [3.05, 3.63) is 48.0 Å². The Morgan fingerprint density at radius 1 is 1.32 bits per heavy atom. The van der Waals surface area contributed by atoms with E-state index in [2.05, 4.69) is 10.4 Å². The van der Waals surface area contributed by atoms with Gasteiger partial charge in [0.05, 0.1) is 23.9 Å². The van der Waals surface area contributed by atoms with Gasteiger partial charge in [-0.2, -0.15) is 5.10 Å². The van der Waals surface area contributed by atoms with Crippen LogP contribution in [-0.4, -0.2) is 32.9 Å². The number of carbonyl (C=O) groups excluding carboxylic acids is 1. The van der Waals surface area contributed by atoms with Crippen LogP contribution in [0.15, 0.2) is 36.7 Å². The Labute approximate surface area is 127 Å². The Morgan fingerprint density at radius 2 is 2.09 bits per heavy atom. The number of hydrogen-bond donors (Lipinski definition) is 2. The van der Waals surface area contributed by atoms with E-state index >= 15 is 0 Å². The monoisotopic (exact) mass is 303 g/mol. The number of carbonyl (C=O) groups is 1. The van der Waals surface area contributed by atoms with E-state index in [0.717, 1.165) is 19.3 Å². The van der Waals surface area contributed by atoms with E-state index in [1.165, 1.54) is 23.1 Å². The summed E-state index contributed by atoms with van der Waals surface area (Å²) >= 11 is 0. The maximum absolute atomic E-state index is 13.7. The molecule has 1 saturated carbocycles. The molecule has 3 rings (SSSR count). The molecule has 2 aromatic rings. The van der Waals surface area contributed by atoms with Crippen LogP contribution >= 0.6 is 0 Å². The van der Waals surface area contributed by atoms with Crippen molar-refractivity contribution >= 4 is 5.91 Å². The molecule has 1 amide bonds. The van der Waals surface area contributed by atoms with Crippen LogP contribution in [0.5, 0.6) is 0 Å². The molecule has 1 aromatic carbocycles. The normalized spacial score (nSPS) is 21.5. The van der Waals surface area contributed by atoms with Crippen molar-refractivity contribution in [2.24, 2.45) is 0 Å². The van der Waals surface area contributed by atoms with Crippen molar-refractivity contribution in [2.75, 3.05) is 0 Å². The average Bonchev–Trinajstić information content (AvgIpc) is 3.00. The molecule has 0 saturated heterocycles. The van der Waals surface area contributed by atoms with Gasteiger partial charge in [-0.25, -0.2) is 9.07 Å². The lowest BCUT2D eigenvalue weighted by molar-refractivity contribution is 0.0717. The predicted octanol–water partition coefficient (Wildman–Crippen LogP) is 2.04. The van der Waals surface area contributed by atoms with Crippen molar-refractivity contribution in [1.82, 2.24) is 15.1 Å². The number of halogens is 1. The fourth-order valence-electron chi connectivity index (χ4n) is 2.74. The molecule has 22 heavy (non-hydrogen) atoms. The number of aliphatic hydroxyl groups is 1. The number of rotatable bonds is 3. The molecular formula is C16H18FN3O2. The van der Waals surface area contributed by atoms with Gasteiger partial charge >= 0.3 is 0 Å². The number of hydrogen-bond acceptors (Lipinski definition) is 3. The summed E-state index contributed by atoms with van der Waals surface area (Å²) in [5, 5.41) is 16.8. The summed E-state index contributed by atoms with van der Waals surface area (Å²) in [6.07, 6.45) is 5.85. The summed E-state index contributed by atoms with van der Waals surface area (Å²) in [6.45, 7) is 0. The first-order valence-corrected chi connectivity index (χ1v) is 7.43. The maximum atomic E-state index is 13.7. The molecule has 116 valence electrons. The first kappa shape index (κ1) is 14.7. The second kappa shape index (κ2) is 6.27. The van der Waals surface area contributed by atoms with E-state index in [1.54, 1.807) is 18.2 Å². The molecule has 0 radical (unpaired) electrons. The molecule has 1 fully saturated rings. The lowest BCUT2D eigenvalue weighted by atomic mass is 9.92. The van der Waals surface area contributed by atoms with Crippen LogP contribution in [-0.2, 0) is 0 Å². The number of aliphatic hydroxyl groups excluding tert-OH is 1. The number of amides is 1. The Kier molecular flexibility index (Phi) is 4.20. The van der Waals surface area contributed by atoms with Gasteiger partial charge in [-0.3, -0.25) is 4.79 Å². The molecule has 1 heterocycles. The lowest BCUT2D eigenvalue weighted by Gasteiger charge is -2.28. The third kappa shape index (κ3) is 3.01. The Hall–Kier alpha value is -2.21. The lowest BCUT2D eigenvalue weighted by Crippen LogP contribution is -2.44. The number of para-hydroxylation sites is 1. The van der Waals surface area contributed by atoms with Crippen LogP contribution in [0.2, 0.25) is 0 Å². The number of nitrogens with zero attached hydrogens (tertiary/aromatic N) is 2. The topological polar surface area (TPSA) is 67.2 Å². The molecule has 2 atom stereocenters. The zero-order valence-electron chi connectivity index (χ0n) is 12.1. The van der Waals surface area contributed by atoms with E-state index < -0.39 is 11.9 Å². The number of aromatic nitrogens is 2. The first-order chi connectivity index (χ1) is 10.6. The molecule has 6 heteroatoms. The SMILES string of the molecule is O=C(NC1CCCCC1O)c1cnn(-c2ccccc2F)c1. The maximum Gasteiger partial charge on any atom is 0.254 e. The summed E-state index contributed by atoms with van der Waals surface area (Å²) in [6, 6.07) is 6.01. The van der Waals surface area contributed by atoms with Gasteiger partial charge in [-0.05, 0) is 25.0 Å². The molecule has 0 spiro atoms. The molecule has 0 aliphatic heterocycles. The second-order valence-corrected chi connectivity index (χ2v) is 5.56. The first-order valence-electron chi connectivity index (χ1n) is 7.43. The van der Waals surface area contributed by atoms with Crippen LogP contribution in [0, 0.1) is 5.82 Å². The highest BCUT2D eigenvalue weighted by molar-refractivity contribution is 5.94. The molecule has 1 aliphatic carbocycles. The second-order valence-electron chi connectivity index (χ2n) is 5.56. The largest absolute Gasteiger partial charge is 0.391 e. The van der Waals surface area contributed by atoms with Crippen molar-refractivity contribution in [3.63, 3.8) is 0 Å². The Morgan fingerprint density at radius 3 is 2.86 bits per heavy atom. The van der Waals surface area contributed by atoms with Crippen LogP contribution < -0.4 is 5.32 Å². The van der Waals surface area contributed by atoms with Crippen molar-refractivity contribution in [2.45, 2.75) is 37.8 Å². The quantitative estimate of drug-likeness (QED) is 0.912. The fraction of sp³-hybridized carbons (Fsp3) is 0.375. The Balaban J connectivity index is 1.73. The van der Waals surface area contributed by atoms with Gasteiger partial charge in [-0.1, -0.05) is 25.0 Å². The van der Waals surface area contributed by atoms with Crippen molar-refractivity contribution in [3.8, 4) is 5.69 Å². The molecule has 1 aliphatic rings. The average molecular weight is 303 g/mol. The molecule has 1 aromatic heterocycles. The summed E-state index contributed by atoms with van der Waals surface area (Å²) < 4.78 is 15.1. The molecule has 0 bridgehead atoms. The standard InChI is InChI=1S/C16H18FN3O2/c17-12-5-1-3-7-14(12)20-10-11(9-18-20)16(22)19-13-6-2-4-8-15(13)21/h1,3,5,7,9-10,13,15,21H,2,4,6,8H2,(H,19,22). The van der Waals surface area contributed by atoms with Crippen LogP contribution in [0.4, 0.5) is 4.39 Å². The molecule has 2 unspecified atom stereocenters. The highest BCUT2D eigenvalue weighted by atomic mass is 19.1. The van der Waals surface area contributed by atoms with Crippen LogP contribution in [0.25, 0.3) is 5.69 Å².